The van der Waals surface area contributed by atoms with E-state index in [0.29, 0.717) is 16.0 Å². The predicted octanol–water partition coefficient (Wildman–Crippen LogP) is 5.62. The van der Waals surface area contributed by atoms with Gasteiger partial charge in [0, 0.05) is 21.8 Å². The van der Waals surface area contributed by atoms with Crippen molar-refractivity contribution >= 4 is 40.5 Å². The van der Waals surface area contributed by atoms with E-state index in [9.17, 15) is 0 Å². The van der Waals surface area contributed by atoms with Gasteiger partial charge in [0.15, 0.2) is 0 Å². The number of nitrogens with zero attached hydrogens (tertiary/aromatic N) is 2. The molecule has 0 aliphatic carbocycles. The van der Waals surface area contributed by atoms with Crippen molar-refractivity contribution in [2.45, 2.75) is 6.23 Å². The third kappa shape index (κ3) is 4.10. The summed E-state index contributed by atoms with van der Waals surface area (Å²) in [7, 11) is 3.26. The predicted molar refractivity (Wildman–Crippen MR) is 123 cm³/mol. The second kappa shape index (κ2) is 8.73. The molecule has 1 heterocycles. The fourth-order valence-electron chi connectivity index (χ4n) is 3.13. The van der Waals surface area contributed by atoms with Crippen LogP contribution in [0.25, 0.3) is 0 Å². The Morgan fingerprint density at radius 1 is 0.867 bits per heavy atom. The van der Waals surface area contributed by atoms with Crippen LogP contribution in [0.5, 0.6) is 11.5 Å². The first-order valence-corrected chi connectivity index (χ1v) is 10.00. The molecule has 0 amide bonds. The zero-order chi connectivity index (χ0) is 21.1. The molecular weight excluding hydrogens is 420 g/mol. The zero-order valence-corrected chi connectivity index (χ0v) is 18.0. The van der Waals surface area contributed by atoms with Gasteiger partial charge in [0.1, 0.15) is 11.5 Å². The van der Waals surface area contributed by atoms with Crippen LogP contribution in [0.4, 0.5) is 5.69 Å². The lowest BCUT2D eigenvalue weighted by atomic mass is 10.1. The smallest absolute Gasteiger partial charge is 0.225 e. The summed E-state index contributed by atoms with van der Waals surface area (Å²) in [6.45, 7) is 0. The van der Waals surface area contributed by atoms with E-state index in [1.807, 2.05) is 77.7 Å². The van der Waals surface area contributed by atoms with Crippen LogP contribution in [0.15, 0.2) is 77.8 Å². The Morgan fingerprint density at radius 3 is 2.00 bits per heavy atom. The lowest BCUT2D eigenvalue weighted by Crippen LogP contribution is -2.40. The highest BCUT2D eigenvalue weighted by Crippen LogP contribution is 2.34. The number of hydrogen-bond donors (Lipinski definition) is 0. The summed E-state index contributed by atoms with van der Waals surface area (Å²) >= 11 is 11.7. The highest BCUT2D eigenvalue weighted by Gasteiger charge is 2.32. The Balaban J connectivity index is 1.75. The minimum atomic E-state index is -0.501. The minimum Gasteiger partial charge on any atom is -0.497 e. The molecule has 7 heteroatoms. The molecule has 0 saturated carbocycles. The standard InChI is InChI=1S/C23H19ClN2O3S/c1-27-19-11-3-15(4-12-19)21-25-23(30)26(18-9-7-17(24)8-10-18)22(29-21)16-5-13-20(28-2)14-6-16/h3-14,22H,1-2H3. The number of benzene rings is 3. The molecule has 5 nitrogen and oxygen atoms in total. The molecule has 0 aromatic heterocycles. The number of rotatable bonds is 5. The van der Waals surface area contributed by atoms with Gasteiger partial charge in [0.25, 0.3) is 0 Å². The summed E-state index contributed by atoms with van der Waals surface area (Å²) < 4.78 is 16.9. The van der Waals surface area contributed by atoms with E-state index in [1.54, 1.807) is 14.2 Å². The number of ether oxygens (including phenoxy) is 3. The summed E-state index contributed by atoms with van der Waals surface area (Å²) in [5.41, 5.74) is 2.56. The quantitative estimate of drug-likeness (QED) is 0.483. The fourth-order valence-corrected chi connectivity index (χ4v) is 3.54. The Hall–Kier alpha value is -3.09. The molecule has 1 unspecified atom stereocenters. The molecule has 0 bridgehead atoms. The molecule has 1 atom stereocenters. The third-order valence-electron chi connectivity index (χ3n) is 4.70. The van der Waals surface area contributed by atoms with Gasteiger partial charge in [-0.2, -0.15) is 4.99 Å². The first-order valence-electron chi connectivity index (χ1n) is 9.21. The molecule has 3 aromatic carbocycles. The van der Waals surface area contributed by atoms with Gasteiger partial charge in [-0.25, -0.2) is 0 Å². The Morgan fingerprint density at radius 2 is 1.43 bits per heavy atom. The second-order valence-corrected chi connectivity index (χ2v) is 7.32. The topological polar surface area (TPSA) is 43.3 Å². The fraction of sp³-hybridized carbons (Fsp3) is 0.130. The van der Waals surface area contributed by atoms with Crippen molar-refractivity contribution in [3.8, 4) is 11.5 Å². The van der Waals surface area contributed by atoms with Crippen LogP contribution in [0.3, 0.4) is 0 Å². The number of anilines is 1. The van der Waals surface area contributed by atoms with Crippen molar-refractivity contribution in [2.24, 2.45) is 4.99 Å². The van der Waals surface area contributed by atoms with Gasteiger partial charge >= 0.3 is 0 Å². The number of thiocarbonyl (C=S) groups is 1. The maximum Gasteiger partial charge on any atom is 0.225 e. The molecular formula is C23H19ClN2O3S. The molecule has 1 aliphatic heterocycles. The number of hydrogen-bond acceptors (Lipinski definition) is 4. The van der Waals surface area contributed by atoms with E-state index < -0.39 is 6.23 Å². The van der Waals surface area contributed by atoms with Crippen molar-refractivity contribution in [2.75, 3.05) is 19.1 Å². The lowest BCUT2D eigenvalue weighted by Gasteiger charge is -2.36. The normalized spacial score (nSPS) is 16.0. The summed E-state index contributed by atoms with van der Waals surface area (Å²) in [6, 6.07) is 22.6. The number of methoxy groups -OCH3 is 2. The van der Waals surface area contributed by atoms with Crippen molar-refractivity contribution in [3.63, 3.8) is 0 Å². The first-order chi connectivity index (χ1) is 14.6. The molecule has 4 rings (SSSR count). The summed E-state index contributed by atoms with van der Waals surface area (Å²) in [4.78, 5) is 6.41. The largest absolute Gasteiger partial charge is 0.497 e. The van der Waals surface area contributed by atoms with Gasteiger partial charge in [-0.05, 0) is 85.0 Å². The van der Waals surface area contributed by atoms with Gasteiger partial charge in [-0.15, -0.1) is 0 Å². The molecule has 0 saturated heterocycles. The summed E-state index contributed by atoms with van der Waals surface area (Å²) in [5.74, 6) is 1.97. The van der Waals surface area contributed by atoms with Crippen LogP contribution in [0.1, 0.15) is 17.4 Å². The van der Waals surface area contributed by atoms with Crippen molar-refractivity contribution in [1.82, 2.24) is 0 Å². The molecule has 0 N–H and O–H groups in total. The Labute approximate surface area is 185 Å². The van der Waals surface area contributed by atoms with E-state index in [2.05, 4.69) is 4.99 Å². The van der Waals surface area contributed by atoms with Crippen LogP contribution >= 0.6 is 23.8 Å². The zero-order valence-electron chi connectivity index (χ0n) is 16.4. The van der Waals surface area contributed by atoms with Crippen LogP contribution in [-0.2, 0) is 4.74 Å². The first kappa shape index (κ1) is 20.2. The van der Waals surface area contributed by atoms with E-state index >= 15 is 0 Å². The van der Waals surface area contributed by atoms with Gasteiger partial charge in [-0.3, -0.25) is 4.90 Å². The average Bonchev–Trinajstić information content (AvgIpc) is 2.79. The van der Waals surface area contributed by atoms with Crippen molar-refractivity contribution in [1.29, 1.82) is 0 Å². The van der Waals surface area contributed by atoms with Crippen LogP contribution in [-0.4, -0.2) is 25.2 Å². The summed E-state index contributed by atoms with van der Waals surface area (Å²) in [6.07, 6.45) is -0.501. The highest BCUT2D eigenvalue weighted by molar-refractivity contribution is 7.80. The van der Waals surface area contributed by atoms with Gasteiger partial charge in [-0.1, -0.05) is 11.6 Å². The van der Waals surface area contributed by atoms with Crippen LogP contribution in [0.2, 0.25) is 5.02 Å². The third-order valence-corrected chi connectivity index (χ3v) is 5.24. The van der Waals surface area contributed by atoms with Gasteiger partial charge in [0.2, 0.25) is 17.2 Å². The number of aliphatic imine (C=N–C) groups is 1. The molecule has 30 heavy (non-hydrogen) atoms. The van der Waals surface area contributed by atoms with Gasteiger partial charge < -0.3 is 14.2 Å². The Bertz CT molecular complexity index is 1070. The van der Waals surface area contributed by atoms with E-state index in [-0.39, 0.29) is 0 Å². The van der Waals surface area contributed by atoms with Gasteiger partial charge in [0.05, 0.1) is 14.2 Å². The van der Waals surface area contributed by atoms with E-state index in [0.717, 1.165) is 28.3 Å². The minimum absolute atomic E-state index is 0.398. The monoisotopic (exact) mass is 438 g/mol. The Kier molecular flexibility index (Phi) is 5.88. The van der Waals surface area contributed by atoms with Crippen molar-refractivity contribution in [3.05, 3.63) is 88.9 Å². The summed E-state index contributed by atoms with van der Waals surface area (Å²) in [5, 5.41) is 1.04. The SMILES string of the molecule is COc1ccc(C2=NC(=S)N(c3ccc(Cl)cc3)C(c3ccc(OC)cc3)O2)cc1. The molecule has 0 spiro atoms. The maximum atomic E-state index is 6.35. The van der Waals surface area contributed by atoms with E-state index in [1.165, 1.54) is 0 Å². The maximum absolute atomic E-state index is 6.35. The van der Waals surface area contributed by atoms with Crippen LogP contribution in [0, 0.1) is 0 Å². The molecule has 0 fully saturated rings. The van der Waals surface area contributed by atoms with E-state index in [4.69, 9.17) is 38.0 Å². The highest BCUT2D eigenvalue weighted by atomic mass is 35.5. The molecule has 152 valence electrons. The molecule has 3 aromatic rings. The van der Waals surface area contributed by atoms with Crippen LogP contribution < -0.4 is 14.4 Å². The van der Waals surface area contributed by atoms with Crippen molar-refractivity contribution < 1.29 is 14.2 Å². The molecule has 1 aliphatic rings. The lowest BCUT2D eigenvalue weighted by molar-refractivity contribution is 0.196. The number of halogens is 1. The molecule has 0 radical (unpaired) electrons. The average molecular weight is 439 g/mol. The second-order valence-electron chi connectivity index (χ2n) is 6.52.